The molecule has 0 saturated carbocycles. The molecule has 0 radical (unpaired) electrons. The maximum Gasteiger partial charge on any atom is 0.205 e. The molecule has 0 aliphatic carbocycles. The fourth-order valence-corrected chi connectivity index (χ4v) is 2.00. The number of carbonyl (C=O) groups is 1. The summed E-state index contributed by atoms with van der Waals surface area (Å²) >= 11 is 11.7. The minimum Gasteiger partial charge on any atom is -0.383 e. The lowest BCUT2D eigenvalue weighted by molar-refractivity contribution is 0.102. The zero-order chi connectivity index (χ0) is 13.8. The number of morpholine rings is 1. The van der Waals surface area contributed by atoms with Crippen LogP contribution in [0.25, 0.3) is 0 Å². The van der Waals surface area contributed by atoms with Crippen LogP contribution in [0.15, 0.2) is 29.5 Å². The van der Waals surface area contributed by atoms with Crippen molar-refractivity contribution < 1.29 is 9.53 Å². The summed E-state index contributed by atoms with van der Waals surface area (Å²) in [5, 5.41) is 12.8. The van der Waals surface area contributed by atoms with Crippen molar-refractivity contribution in [2.75, 3.05) is 19.8 Å². The molecule has 0 spiro atoms. The third kappa shape index (κ3) is 3.07. The van der Waals surface area contributed by atoms with Gasteiger partial charge < -0.3 is 10.1 Å². The number of rotatable bonds is 2. The lowest BCUT2D eigenvalue weighted by atomic mass is 10.0. The molecule has 19 heavy (non-hydrogen) atoms. The first-order chi connectivity index (χ1) is 9.13. The molecule has 1 aromatic rings. The van der Waals surface area contributed by atoms with E-state index in [2.05, 4.69) is 5.32 Å². The van der Waals surface area contributed by atoms with Crippen LogP contribution < -0.4 is 5.32 Å². The topological polar surface area (TPSA) is 62.1 Å². The molecule has 1 aliphatic rings. The first-order valence-corrected chi connectivity index (χ1v) is 6.33. The standard InChI is InChI=1S/C13H10Cl2N2O2/c14-10-2-1-8(5-11(10)15)13(18)9(6-16)12-7-19-4-3-17-12/h1-2,5,17H,3-4,7H2. The van der Waals surface area contributed by atoms with Gasteiger partial charge in [0, 0.05) is 12.1 Å². The van der Waals surface area contributed by atoms with Gasteiger partial charge in [-0.05, 0) is 18.2 Å². The van der Waals surface area contributed by atoms with Crippen molar-refractivity contribution in [3.05, 3.63) is 45.1 Å². The predicted octanol–water partition coefficient (Wildman–Crippen LogP) is 2.57. The van der Waals surface area contributed by atoms with Gasteiger partial charge in [0.05, 0.1) is 29.0 Å². The first-order valence-electron chi connectivity index (χ1n) is 5.58. The Balaban J connectivity index is 2.36. The van der Waals surface area contributed by atoms with Crippen molar-refractivity contribution in [2.45, 2.75) is 0 Å². The highest BCUT2D eigenvalue weighted by molar-refractivity contribution is 6.42. The van der Waals surface area contributed by atoms with Crippen LogP contribution in [0.4, 0.5) is 0 Å². The van der Waals surface area contributed by atoms with Crippen LogP contribution in [0.5, 0.6) is 0 Å². The van der Waals surface area contributed by atoms with Crippen LogP contribution in [0, 0.1) is 11.3 Å². The summed E-state index contributed by atoms with van der Waals surface area (Å²) < 4.78 is 5.22. The molecule has 4 nitrogen and oxygen atoms in total. The van der Waals surface area contributed by atoms with Crippen LogP contribution >= 0.6 is 23.2 Å². The van der Waals surface area contributed by atoms with E-state index in [1.54, 1.807) is 0 Å². The van der Waals surface area contributed by atoms with Gasteiger partial charge in [0.25, 0.3) is 0 Å². The Labute approximate surface area is 120 Å². The largest absolute Gasteiger partial charge is 0.383 e. The van der Waals surface area contributed by atoms with E-state index in [9.17, 15) is 4.79 Å². The number of hydrogen-bond acceptors (Lipinski definition) is 4. The number of ketones is 1. The predicted molar refractivity (Wildman–Crippen MR) is 72.3 cm³/mol. The minimum absolute atomic E-state index is 0.0399. The molecule has 0 aromatic heterocycles. The lowest BCUT2D eigenvalue weighted by Crippen LogP contribution is -2.31. The number of halogens is 2. The Morgan fingerprint density at radius 2 is 2.16 bits per heavy atom. The molecular formula is C13H10Cl2N2O2. The molecule has 6 heteroatoms. The van der Waals surface area contributed by atoms with Crippen LogP contribution in [-0.2, 0) is 4.74 Å². The number of hydrogen-bond donors (Lipinski definition) is 1. The summed E-state index contributed by atoms with van der Waals surface area (Å²) in [5.41, 5.74) is 0.869. The average Bonchev–Trinajstić information content (AvgIpc) is 2.44. The quantitative estimate of drug-likeness (QED) is 0.518. The number of Topliss-reactive ketones (excluding diaryl/α,β-unsaturated/α-hetero) is 1. The maximum absolute atomic E-state index is 12.3. The highest BCUT2D eigenvalue weighted by Crippen LogP contribution is 2.24. The van der Waals surface area contributed by atoms with Crippen molar-refractivity contribution in [2.24, 2.45) is 0 Å². The van der Waals surface area contributed by atoms with Gasteiger partial charge >= 0.3 is 0 Å². The number of nitriles is 1. The van der Waals surface area contributed by atoms with Crippen molar-refractivity contribution in [1.82, 2.24) is 5.32 Å². The second-order valence-electron chi connectivity index (χ2n) is 3.90. The Morgan fingerprint density at radius 1 is 1.37 bits per heavy atom. The maximum atomic E-state index is 12.3. The summed E-state index contributed by atoms with van der Waals surface area (Å²) in [6.07, 6.45) is 0. The summed E-state index contributed by atoms with van der Waals surface area (Å²) in [4.78, 5) is 12.3. The molecule has 1 saturated heterocycles. The van der Waals surface area contributed by atoms with Gasteiger partial charge in [0.2, 0.25) is 5.78 Å². The smallest absolute Gasteiger partial charge is 0.205 e. The minimum atomic E-state index is -0.394. The Kier molecular flexibility index (Phi) is 4.43. The average molecular weight is 297 g/mol. The first kappa shape index (κ1) is 13.9. The number of nitrogens with one attached hydrogen (secondary N) is 1. The molecule has 2 rings (SSSR count). The number of ether oxygens (including phenoxy) is 1. The summed E-state index contributed by atoms with van der Waals surface area (Å²) in [6, 6.07) is 6.44. The van der Waals surface area contributed by atoms with E-state index < -0.39 is 5.78 Å². The van der Waals surface area contributed by atoms with E-state index in [0.29, 0.717) is 29.4 Å². The fraction of sp³-hybridized carbons (Fsp3) is 0.231. The van der Waals surface area contributed by atoms with E-state index in [1.165, 1.54) is 18.2 Å². The van der Waals surface area contributed by atoms with E-state index >= 15 is 0 Å². The monoisotopic (exact) mass is 296 g/mol. The molecule has 1 aliphatic heterocycles. The van der Waals surface area contributed by atoms with Crippen LogP contribution in [0.2, 0.25) is 10.0 Å². The molecule has 1 fully saturated rings. The molecule has 0 amide bonds. The Bertz CT molecular complexity index is 583. The van der Waals surface area contributed by atoms with Gasteiger partial charge in [-0.2, -0.15) is 5.26 Å². The summed E-state index contributed by atoms with van der Waals surface area (Å²) in [7, 11) is 0. The normalized spacial score (nSPS) is 17.3. The van der Waals surface area contributed by atoms with Gasteiger partial charge in [0.1, 0.15) is 11.6 Å². The van der Waals surface area contributed by atoms with Crippen LogP contribution in [0.3, 0.4) is 0 Å². The van der Waals surface area contributed by atoms with Gasteiger partial charge in [-0.25, -0.2) is 0 Å². The summed E-state index contributed by atoms with van der Waals surface area (Å²) in [5.74, 6) is -0.394. The number of nitrogens with zero attached hydrogens (tertiary/aromatic N) is 1. The molecule has 1 heterocycles. The van der Waals surface area contributed by atoms with Crippen molar-refractivity contribution >= 4 is 29.0 Å². The number of allylic oxidation sites excluding steroid dienone is 1. The molecule has 0 unspecified atom stereocenters. The summed E-state index contributed by atoms with van der Waals surface area (Å²) in [6.45, 7) is 1.37. The van der Waals surface area contributed by atoms with E-state index in [0.717, 1.165) is 0 Å². The van der Waals surface area contributed by atoms with Crippen molar-refractivity contribution in [3.63, 3.8) is 0 Å². The van der Waals surface area contributed by atoms with E-state index in [1.807, 2.05) is 6.07 Å². The fourth-order valence-electron chi connectivity index (χ4n) is 1.70. The highest BCUT2D eigenvalue weighted by atomic mass is 35.5. The third-order valence-corrected chi connectivity index (χ3v) is 3.39. The van der Waals surface area contributed by atoms with Crippen LogP contribution in [-0.4, -0.2) is 25.5 Å². The second kappa shape index (κ2) is 6.07. The Hall–Kier alpha value is -1.54. The lowest BCUT2D eigenvalue weighted by Gasteiger charge is -2.18. The van der Waals surface area contributed by atoms with Gasteiger partial charge in [0.15, 0.2) is 0 Å². The molecule has 1 aromatic carbocycles. The highest BCUT2D eigenvalue weighted by Gasteiger charge is 2.19. The molecular weight excluding hydrogens is 287 g/mol. The van der Waals surface area contributed by atoms with Crippen LogP contribution in [0.1, 0.15) is 10.4 Å². The van der Waals surface area contributed by atoms with Crippen molar-refractivity contribution in [1.29, 1.82) is 5.26 Å². The van der Waals surface area contributed by atoms with Gasteiger partial charge in [-0.15, -0.1) is 0 Å². The molecule has 0 bridgehead atoms. The number of benzene rings is 1. The second-order valence-corrected chi connectivity index (χ2v) is 4.72. The third-order valence-electron chi connectivity index (χ3n) is 2.65. The van der Waals surface area contributed by atoms with Gasteiger partial charge in [-0.1, -0.05) is 23.2 Å². The Morgan fingerprint density at radius 3 is 2.74 bits per heavy atom. The zero-order valence-electron chi connectivity index (χ0n) is 9.87. The van der Waals surface area contributed by atoms with Gasteiger partial charge in [-0.3, -0.25) is 4.79 Å². The van der Waals surface area contributed by atoms with E-state index in [4.69, 9.17) is 33.2 Å². The zero-order valence-corrected chi connectivity index (χ0v) is 11.4. The van der Waals surface area contributed by atoms with Crippen molar-refractivity contribution in [3.8, 4) is 6.07 Å². The molecule has 1 N–H and O–H groups in total. The number of carbonyl (C=O) groups excluding carboxylic acids is 1. The molecule has 98 valence electrons. The van der Waals surface area contributed by atoms with E-state index in [-0.39, 0.29) is 17.2 Å². The SMILES string of the molecule is N#CC(C(=O)c1ccc(Cl)c(Cl)c1)=C1COCCN1. The molecule has 0 atom stereocenters.